The lowest BCUT2D eigenvalue weighted by Crippen LogP contribution is -2.49. The van der Waals surface area contributed by atoms with Crippen molar-refractivity contribution in [3.8, 4) is 10.6 Å². The molecule has 0 aliphatic rings. The van der Waals surface area contributed by atoms with Crippen LogP contribution in [0.15, 0.2) is 35.7 Å². The van der Waals surface area contributed by atoms with Gasteiger partial charge in [-0.1, -0.05) is 57.5 Å². The first kappa shape index (κ1) is 23.0. The van der Waals surface area contributed by atoms with Crippen molar-refractivity contribution in [2.24, 2.45) is 5.92 Å². The number of carbonyl (C=O) groups excluding carboxylic acids is 1. The van der Waals surface area contributed by atoms with Gasteiger partial charge in [0, 0.05) is 17.4 Å². The lowest BCUT2D eigenvalue weighted by atomic mass is 10.0. The number of carbonyl (C=O) groups is 2. The first-order chi connectivity index (χ1) is 13.9. The summed E-state index contributed by atoms with van der Waals surface area (Å²) in [7, 11) is 0. The topological polar surface area (TPSA) is 88.5 Å². The van der Waals surface area contributed by atoms with E-state index in [0.717, 1.165) is 23.4 Å². The van der Waals surface area contributed by atoms with Gasteiger partial charge in [-0.3, -0.25) is 14.9 Å². The molecular weight excluding hydrogens is 388 g/mol. The Morgan fingerprint density at radius 1 is 1.21 bits per heavy atom. The molecule has 2 N–H and O–H groups in total. The highest BCUT2D eigenvalue weighted by molar-refractivity contribution is 7.13. The first-order valence-corrected chi connectivity index (χ1v) is 10.9. The minimum atomic E-state index is -1.01. The maximum atomic E-state index is 12.5. The number of nitrogens with one attached hydrogen (secondary N) is 1. The standard InChI is InChI=1S/C22H30N2O4S/c1-4-5-11-28-22(27)19(12-15(2)3)24-18(21(25)26)13-17-14-29-20(23-17)16-9-7-6-8-10-16/h6-10,14-15,18-19,24H,4-5,11-13H2,1-3H3,(H,25,26). The molecule has 2 atom stereocenters. The molecule has 1 aromatic heterocycles. The van der Waals surface area contributed by atoms with Gasteiger partial charge < -0.3 is 9.84 Å². The van der Waals surface area contributed by atoms with Crippen molar-refractivity contribution < 1.29 is 19.4 Å². The smallest absolute Gasteiger partial charge is 0.323 e. The van der Waals surface area contributed by atoms with Gasteiger partial charge in [-0.05, 0) is 18.8 Å². The Balaban J connectivity index is 2.07. The molecule has 7 heteroatoms. The Hall–Kier alpha value is -2.25. The van der Waals surface area contributed by atoms with Gasteiger partial charge in [0.15, 0.2) is 0 Å². The minimum absolute atomic E-state index is 0.204. The third kappa shape index (κ3) is 7.59. The number of esters is 1. The van der Waals surface area contributed by atoms with Crippen molar-refractivity contribution in [1.29, 1.82) is 0 Å². The highest BCUT2D eigenvalue weighted by Crippen LogP contribution is 2.24. The van der Waals surface area contributed by atoms with Crippen molar-refractivity contribution >= 4 is 23.3 Å². The number of thiazole rings is 1. The van der Waals surface area contributed by atoms with Gasteiger partial charge in [0.05, 0.1) is 12.3 Å². The van der Waals surface area contributed by atoms with Gasteiger partial charge in [-0.2, -0.15) is 0 Å². The largest absolute Gasteiger partial charge is 0.480 e. The van der Waals surface area contributed by atoms with Crippen molar-refractivity contribution in [2.75, 3.05) is 6.61 Å². The van der Waals surface area contributed by atoms with E-state index in [2.05, 4.69) is 10.3 Å². The fourth-order valence-corrected chi connectivity index (χ4v) is 3.74. The fraction of sp³-hybridized carbons (Fsp3) is 0.500. The number of hydrogen-bond donors (Lipinski definition) is 2. The van der Waals surface area contributed by atoms with Gasteiger partial charge >= 0.3 is 11.9 Å². The van der Waals surface area contributed by atoms with E-state index in [4.69, 9.17) is 4.74 Å². The quantitative estimate of drug-likeness (QED) is 0.398. The van der Waals surface area contributed by atoms with Crippen LogP contribution in [-0.4, -0.2) is 40.7 Å². The fourth-order valence-electron chi connectivity index (χ4n) is 2.90. The van der Waals surface area contributed by atoms with Crippen molar-refractivity contribution in [3.63, 3.8) is 0 Å². The summed E-state index contributed by atoms with van der Waals surface area (Å²) >= 11 is 1.48. The molecule has 0 radical (unpaired) electrons. The number of carboxylic acid groups (broad SMARTS) is 1. The summed E-state index contributed by atoms with van der Waals surface area (Å²) in [6.45, 7) is 6.37. The Bertz CT molecular complexity index is 776. The van der Waals surface area contributed by atoms with Gasteiger partial charge in [-0.25, -0.2) is 4.98 Å². The van der Waals surface area contributed by atoms with Crippen LogP contribution in [0.2, 0.25) is 0 Å². The monoisotopic (exact) mass is 418 g/mol. The number of aromatic nitrogens is 1. The molecular formula is C22H30N2O4S. The molecule has 6 nitrogen and oxygen atoms in total. The predicted octanol–water partition coefficient (Wildman–Crippen LogP) is 4.15. The van der Waals surface area contributed by atoms with Crippen LogP contribution >= 0.6 is 11.3 Å². The number of carboxylic acids is 1. The van der Waals surface area contributed by atoms with Crippen LogP contribution < -0.4 is 5.32 Å². The van der Waals surface area contributed by atoms with Gasteiger partial charge in [0.25, 0.3) is 0 Å². The second kappa shape index (κ2) is 11.7. The third-order valence-electron chi connectivity index (χ3n) is 4.42. The normalized spacial score (nSPS) is 13.2. The van der Waals surface area contributed by atoms with Crippen LogP contribution in [0.3, 0.4) is 0 Å². The summed E-state index contributed by atoms with van der Waals surface area (Å²) in [4.78, 5) is 28.9. The van der Waals surface area contributed by atoms with Crippen molar-refractivity contribution in [2.45, 2.75) is 58.5 Å². The van der Waals surface area contributed by atoms with Crippen LogP contribution in [0, 0.1) is 5.92 Å². The van der Waals surface area contributed by atoms with E-state index in [0.29, 0.717) is 18.7 Å². The summed E-state index contributed by atoms with van der Waals surface area (Å²) in [5.74, 6) is -1.17. The molecule has 0 saturated heterocycles. The van der Waals surface area contributed by atoms with Crippen LogP contribution in [0.25, 0.3) is 10.6 Å². The Morgan fingerprint density at radius 2 is 1.93 bits per heavy atom. The number of ether oxygens (including phenoxy) is 1. The lowest BCUT2D eigenvalue weighted by Gasteiger charge is -2.23. The number of unbranched alkanes of at least 4 members (excludes halogenated alkanes) is 1. The second-order valence-electron chi connectivity index (χ2n) is 7.47. The van der Waals surface area contributed by atoms with Gasteiger partial charge in [0.1, 0.15) is 17.1 Å². The highest BCUT2D eigenvalue weighted by Gasteiger charge is 2.28. The van der Waals surface area contributed by atoms with E-state index in [9.17, 15) is 14.7 Å². The van der Waals surface area contributed by atoms with E-state index in [-0.39, 0.29) is 18.3 Å². The van der Waals surface area contributed by atoms with Crippen LogP contribution in [0.1, 0.15) is 45.7 Å². The first-order valence-electron chi connectivity index (χ1n) is 10.1. The molecule has 2 aromatic rings. The Kier molecular flexibility index (Phi) is 9.28. The van der Waals surface area contributed by atoms with Gasteiger partial charge in [0.2, 0.25) is 0 Å². The van der Waals surface area contributed by atoms with E-state index in [1.165, 1.54) is 11.3 Å². The second-order valence-corrected chi connectivity index (χ2v) is 8.33. The summed E-state index contributed by atoms with van der Waals surface area (Å²) in [5, 5.41) is 15.4. The number of rotatable bonds is 12. The third-order valence-corrected chi connectivity index (χ3v) is 5.36. The number of hydrogen-bond acceptors (Lipinski definition) is 6. The number of benzene rings is 1. The van der Waals surface area contributed by atoms with Crippen molar-refractivity contribution in [1.82, 2.24) is 10.3 Å². The molecule has 29 heavy (non-hydrogen) atoms. The summed E-state index contributed by atoms with van der Waals surface area (Å²) in [6.07, 6.45) is 2.45. The molecule has 0 aliphatic carbocycles. The molecule has 0 saturated carbocycles. The Labute approximate surface area is 176 Å². The van der Waals surface area contributed by atoms with Gasteiger partial charge in [-0.15, -0.1) is 11.3 Å². The zero-order valence-electron chi connectivity index (χ0n) is 17.3. The number of aliphatic carboxylic acids is 1. The maximum Gasteiger partial charge on any atom is 0.323 e. The van der Waals surface area contributed by atoms with Crippen molar-refractivity contribution in [3.05, 3.63) is 41.4 Å². The summed E-state index contributed by atoms with van der Waals surface area (Å²) in [5.41, 5.74) is 1.69. The average Bonchev–Trinajstić information content (AvgIpc) is 3.16. The molecule has 2 unspecified atom stereocenters. The molecule has 0 bridgehead atoms. The Morgan fingerprint density at radius 3 is 2.55 bits per heavy atom. The van der Waals surface area contributed by atoms with E-state index in [1.54, 1.807) is 0 Å². The van der Waals surface area contributed by atoms with Crippen LogP contribution in [-0.2, 0) is 20.7 Å². The molecule has 0 fully saturated rings. The molecule has 0 amide bonds. The SMILES string of the molecule is CCCCOC(=O)C(CC(C)C)NC(Cc1csc(-c2ccccc2)n1)C(=O)O. The molecule has 0 aliphatic heterocycles. The molecule has 0 spiro atoms. The van der Waals surface area contributed by atoms with E-state index in [1.807, 2.05) is 56.5 Å². The zero-order valence-corrected chi connectivity index (χ0v) is 18.1. The highest BCUT2D eigenvalue weighted by atomic mass is 32.1. The maximum absolute atomic E-state index is 12.5. The lowest BCUT2D eigenvalue weighted by molar-refractivity contribution is -0.148. The minimum Gasteiger partial charge on any atom is -0.480 e. The van der Waals surface area contributed by atoms with Crippen LogP contribution in [0.4, 0.5) is 0 Å². The van der Waals surface area contributed by atoms with E-state index < -0.39 is 18.1 Å². The van der Waals surface area contributed by atoms with E-state index >= 15 is 0 Å². The van der Waals surface area contributed by atoms with Crippen LogP contribution in [0.5, 0.6) is 0 Å². The molecule has 1 heterocycles. The summed E-state index contributed by atoms with van der Waals surface area (Å²) in [6, 6.07) is 8.21. The molecule has 2 rings (SSSR count). The molecule has 158 valence electrons. The average molecular weight is 419 g/mol. The molecule has 1 aromatic carbocycles. The predicted molar refractivity (Wildman–Crippen MR) is 115 cm³/mol. The summed E-state index contributed by atoms with van der Waals surface area (Å²) < 4.78 is 5.33. The zero-order chi connectivity index (χ0) is 21.2. The number of nitrogens with zero attached hydrogens (tertiary/aromatic N) is 1.